The summed E-state index contributed by atoms with van der Waals surface area (Å²) in [6.45, 7) is 7.84. The third kappa shape index (κ3) is 37.1. The maximum Gasteiger partial charge on any atom is 0.327 e. The Morgan fingerprint density at radius 2 is 0.853 bits per heavy atom. The van der Waals surface area contributed by atoms with Gasteiger partial charge in [-0.15, -0.1) is 0 Å². The van der Waals surface area contributed by atoms with Crippen LogP contribution < -0.4 is 32.3 Å². The molecule has 0 aromatic carbocycles. The summed E-state index contributed by atoms with van der Waals surface area (Å²) in [5, 5.41) is 104. The molecule has 0 aromatic heterocycles. The first-order valence-corrected chi connectivity index (χ1v) is 35.1. The van der Waals surface area contributed by atoms with Crippen LogP contribution in [0.4, 0.5) is 0 Å². The van der Waals surface area contributed by atoms with Crippen LogP contribution in [0.5, 0.6) is 0 Å². The van der Waals surface area contributed by atoms with Gasteiger partial charge in [-0.2, -0.15) is 0 Å². The quantitative estimate of drug-likeness (QED) is 0.0171. The summed E-state index contributed by atoms with van der Waals surface area (Å²) in [6, 6.07) is 0. The highest BCUT2D eigenvalue weighted by Gasteiger charge is 2.45. The van der Waals surface area contributed by atoms with Crippen LogP contribution in [-0.4, -0.2) is 299 Å². The van der Waals surface area contributed by atoms with E-state index in [4.69, 9.17) is 58.0 Å². The zero-order valence-electron chi connectivity index (χ0n) is 56.9. The molecule has 95 heavy (non-hydrogen) atoms. The van der Waals surface area contributed by atoms with Crippen LogP contribution in [0.15, 0.2) is 0 Å². The largest absolute Gasteiger partial charge is 0.394 e. The van der Waals surface area contributed by atoms with E-state index in [1.165, 1.54) is 7.11 Å². The molecule has 34 heteroatoms. The fourth-order valence-corrected chi connectivity index (χ4v) is 10.6. The molecule has 3 saturated heterocycles. The van der Waals surface area contributed by atoms with E-state index in [0.717, 1.165) is 44.9 Å². The molecule has 3 heterocycles. The number of carbonyl (C=O) groups excluding carboxylic acids is 5. The van der Waals surface area contributed by atoms with Crippen molar-refractivity contribution >= 4 is 37.1 Å². The van der Waals surface area contributed by atoms with Gasteiger partial charge in [0.2, 0.25) is 29.5 Å². The van der Waals surface area contributed by atoms with Gasteiger partial charge in [0.05, 0.1) is 91.0 Å². The highest BCUT2D eigenvalue weighted by molar-refractivity contribution is 7.52. The number of aliphatic hydroxyl groups is 9. The fraction of sp³-hybridized carbons (Fsp3) is 0.918. The van der Waals surface area contributed by atoms with E-state index in [0.29, 0.717) is 45.4 Å². The monoisotopic (exact) mass is 1400 g/mol. The van der Waals surface area contributed by atoms with Gasteiger partial charge >= 0.3 is 7.60 Å². The number of unbranched alkanes of at least 4 members (excludes halogenated alkanes) is 6. The van der Waals surface area contributed by atoms with Crippen LogP contribution in [0.25, 0.3) is 0 Å². The Kier molecular flexibility index (Phi) is 49.7. The lowest BCUT2D eigenvalue weighted by molar-refractivity contribution is -0.282. The molecule has 0 bridgehead atoms. The van der Waals surface area contributed by atoms with Gasteiger partial charge < -0.3 is 135 Å². The van der Waals surface area contributed by atoms with Crippen molar-refractivity contribution in [1.29, 1.82) is 0 Å². The van der Waals surface area contributed by atoms with Crippen molar-refractivity contribution in [2.45, 2.75) is 204 Å². The van der Waals surface area contributed by atoms with E-state index < -0.39 is 174 Å². The Bertz CT molecular complexity index is 2010. The summed E-state index contributed by atoms with van der Waals surface area (Å²) in [7, 11) is -0.368. The van der Waals surface area contributed by atoms with E-state index in [1.807, 2.05) is 13.8 Å². The Morgan fingerprint density at radius 1 is 0.474 bits per heavy atom. The second-order valence-electron chi connectivity index (χ2n) is 23.5. The van der Waals surface area contributed by atoms with E-state index in [9.17, 15) is 74.5 Å². The minimum absolute atomic E-state index is 0.0848. The normalized spacial score (nSPS) is 27.1. The summed E-state index contributed by atoms with van der Waals surface area (Å²) in [6.07, 6.45) is -5.77. The minimum atomic E-state index is -3.25. The molecular weight excluding hydrogens is 1280 g/mol. The van der Waals surface area contributed by atoms with Crippen LogP contribution >= 0.6 is 7.60 Å². The first kappa shape index (κ1) is 89.7. The highest BCUT2D eigenvalue weighted by atomic mass is 31.2. The molecule has 3 fully saturated rings. The van der Waals surface area contributed by atoms with Crippen LogP contribution in [-0.2, 0) is 80.4 Å². The number of hydrogen-bond donors (Lipinski definition) is 16. The number of methoxy groups -OCH3 is 1. The van der Waals surface area contributed by atoms with Crippen molar-refractivity contribution in [2.75, 3.05) is 139 Å². The Hall–Kier alpha value is -3.30. The van der Waals surface area contributed by atoms with E-state index in [1.54, 1.807) is 27.9 Å². The van der Waals surface area contributed by atoms with Crippen LogP contribution in [0.3, 0.4) is 0 Å². The number of rotatable bonds is 49. The van der Waals surface area contributed by atoms with Crippen molar-refractivity contribution < 1.29 is 131 Å². The molecule has 3 aliphatic heterocycles. The summed E-state index contributed by atoms with van der Waals surface area (Å²) < 4.78 is 72.1. The van der Waals surface area contributed by atoms with E-state index >= 15 is 0 Å². The smallest absolute Gasteiger partial charge is 0.327 e. The third-order valence-electron chi connectivity index (χ3n) is 15.7. The molecule has 0 saturated carbocycles. The van der Waals surface area contributed by atoms with Crippen molar-refractivity contribution in [2.24, 2.45) is 23.5 Å². The lowest BCUT2D eigenvalue weighted by Gasteiger charge is -2.40. The topological polar surface area (TPSA) is 492 Å². The van der Waals surface area contributed by atoms with Gasteiger partial charge in [0.15, 0.2) is 18.9 Å². The van der Waals surface area contributed by atoms with Gasteiger partial charge in [-0.3, -0.25) is 28.5 Å². The maximum atomic E-state index is 13.6. The molecule has 7 unspecified atom stereocenters. The first-order valence-electron chi connectivity index (χ1n) is 33.3. The zero-order valence-corrected chi connectivity index (χ0v) is 57.8. The van der Waals surface area contributed by atoms with Crippen molar-refractivity contribution in [3.05, 3.63) is 0 Å². The number of amides is 5. The van der Waals surface area contributed by atoms with Crippen LogP contribution in [0.1, 0.15) is 125 Å². The molecular formula is C61H119N6O27P. The molecule has 5 amide bonds. The van der Waals surface area contributed by atoms with Gasteiger partial charge in [-0.25, -0.2) is 0 Å². The van der Waals surface area contributed by atoms with Gasteiger partial charge in [0, 0.05) is 83.8 Å². The molecule has 0 radical (unpaired) electrons. The standard InChI is InChI=1S/C52H95N5O24.C7H18NO3P.C2H6/c1-32-43(66)46(69)35(25-58)79-49(32)76-19-9-15-53-38(61)12-22-73-29-52(57-41(64)24-40(63)55-14-7-5-6-8-18-72-4,31-75-28-42(65)56-17-11-21-78-51-34(3)45(68)48(71)37(27-60)81-51)30-74-23-13-39(62)54-16-10-20-77-50-33(2)44(67)47(70)36(26-59)80-50;1-11-12(9,10)7-5-3-2-4-6-8;1-2/h32-37,43-51,58-60,66-71H,5-31H2,1-4H3,(H,53,61)(H,54,62)(H,55,63)(H,56,65)(H,57,64);2-8H2,1H3,(H,9,10);1-2H3/t32?,33?,34?,35?,36?,37?,43-,44-,45-,46+,47+,48+,49-,50-,51-,52?;;/m1../s1. The highest BCUT2D eigenvalue weighted by Crippen LogP contribution is 2.41. The average Bonchev–Trinajstić information content (AvgIpc) is 0.927. The minimum Gasteiger partial charge on any atom is -0.394 e. The Morgan fingerprint density at radius 3 is 1.26 bits per heavy atom. The third-order valence-corrected chi connectivity index (χ3v) is 17.1. The van der Waals surface area contributed by atoms with Crippen LogP contribution in [0, 0.1) is 17.8 Å². The lowest BCUT2D eigenvalue weighted by atomic mass is 9.92. The number of aliphatic hydroxyl groups excluding tert-OH is 9. The summed E-state index contributed by atoms with van der Waals surface area (Å²) >= 11 is 0. The predicted octanol–water partition coefficient (Wildman–Crippen LogP) is -2.46. The molecule has 0 spiro atoms. The zero-order chi connectivity index (χ0) is 71.2. The van der Waals surface area contributed by atoms with Gasteiger partial charge in [0.25, 0.3) is 0 Å². The second kappa shape index (κ2) is 52.7. The summed E-state index contributed by atoms with van der Waals surface area (Å²) in [4.78, 5) is 74.3. The molecule has 560 valence electrons. The average molecular weight is 1400 g/mol. The van der Waals surface area contributed by atoms with Gasteiger partial charge in [-0.1, -0.05) is 60.3 Å². The van der Waals surface area contributed by atoms with E-state index in [2.05, 4.69) is 31.1 Å². The molecule has 33 nitrogen and oxygen atoms in total. The Balaban J connectivity index is 0.00000288. The van der Waals surface area contributed by atoms with Crippen LogP contribution in [0.2, 0.25) is 0 Å². The summed E-state index contributed by atoms with van der Waals surface area (Å²) in [5.41, 5.74) is 3.70. The van der Waals surface area contributed by atoms with Crippen molar-refractivity contribution in [1.82, 2.24) is 26.6 Å². The maximum absolute atomic E-state index is 13.6. The molecule has 3 rings (SSSR count). The SMILES string of the molecule is CC.COCCCCCCNC(=O)CC(=O)NC(COCCC(=O)NCCCO[C@@H]1OC(CO)[C@H](O)[C@H](O)C1C)(COCCC(=O)NCCCO[C@@H]1OC(CO)[C@H](O)[C@H](O)C1C)COCC(=O)NCCCO[C@@H]1OC(CO)[C@H](O)[C@H](O)C1C.COP(=O)(O)CCCCCCN. The second-order valence-corrected chi connectivity index (χ2v) is 25.6. The first-order chi connectivity index (χ1) is 45.4. The molecule has 17 N–H and O–H groups in total. The number of nitrogens with one attached hydrogen (secondary N) is 5. The van der Waals surface area contributed by atoms with Crippen molar-refractivity contribution in [3.63, 3.8) is 0 Å². The fourth-order valence-electron chi connectivity index (χ4n) is 9.80. The number of nitrogens with two attached hydrogens (primary N) is 1. The molecule has 0 aliphatic carbocycles. The number of hydrogen-bond acceptors (Lipinski definition) is 27. The molecule has 0 aromatic rings. The summed E-state index contributed by atoms with van der Waals surface area (Å²) in [5.74, 6) is -4.43. The number of carbonyl (C=O) groups is 5. The molecule has 3 aliphatic rings. The van der Waals surface area contributed by atoms with Gasteiger partial charge in [0.1, 0.15) is 55.2 Å². The van der Waals surface area contributed by atoms with Crippen molar-refractivity contribution in [3.8, 4) is 0 Å². The molecule has 16 atom stereocenters. The predicted molar refractivity (Wildman–Crippen MR) is 343 cm³/mol. The lowest BCUT2D eigenvalue weighted by Crippen LogP contribution is -2.59. The van der Waals surface area contributed by atoms with Gasteiger partial charge in [-0.05, 0) is 51.5 Å². The number of ether oxygens (including phenoxy) is 10. The van der Waals surface area contributed by atoms with E-state index in [-0.39, 0.29) is 84.9 Å². The Labute approximate surface area is 559 Å².